The summed E-state index contributed by atoms with van der Waals surface area (Å²) in [5, 5.41) is 4.39. The number of aryl methyl sites for hydroxylation is 2. The maximum Gasteiger partial charge on any atom is 0.0596 e. The molecule has 1 unspecified atom stereocenters. The summed E-state index contributed by atoms with van der Waals surface area (Å²) in [5.74, 6) is 0. The van der Waals surface area contributed by atoms with Crippen LogP contribution in [-0.4, -0.2) is 15.8 Å². The summed E-state index contributed by atoms with van der Waals surface area (Å²) < 4.78 is 1.97. The molecule has 1 atom stereocenters. The Bertz CT molecular complexity index is 375. The van der Waals surface area contributed by atoms with Crippen molar-refractivity contribution < 1.29 is 0 Å². The Morgan fingerprint density at radius 1 is 1.41 bits per heavy atom. The first-order valence-electron chi connectivity index (χ1n) is 6.76. The van der Waals surface area contributed by atoms with E-state index in [9.17, 15) is 0 Å². The Balaban J connectivity index is 2.05. The summed E-state index contributed by atoms with van der Waals surface area (Å²) in [6.07, 6.45) is 7.58. The molecule has 3 heteroatoms. The molecule has 0 amide bonds. The van der Waals surface area contributed by atoms with Gasteiger partial charge in [-0.15, -0.1) is 0 Å². The van der Waals surface area contributed by atoms with Crippen molar-refractivity contribution in [3.8, 4) is 0 Å². The van der Waals surface area contributed by atoms with Gasteiger partial charge in [-0.05, 0) is 31.2 Å². The third-order valence-corrected chi connectivity index (χ3v) is 4.42. The van der Waals surface area contributed by atoms with Gasteiger partial charge in [0.15, 0.2) is 0 Å². The first-order valence-corrected chi connectivity index (χ1v) is 6.76. The lowest BCUT2D eigenvalue weighted by Gasteiger charge is -2.39. The number of nitrogens with two attached hydrogens (primary N) is 1. The fraction of sp³-hybridized carbons (Fsp3) is 0.786. The minimum atomic E-state index is 0.262. The minimum absolute atomic E-state index is 0.262. The quantitative estimate of drug-likeness (QED) is 0.875. The van der Waals surface area contributed by atoms with Crippen LogP contribution in [0.5, 0.6) is 0 Å². The topological polar surface area (TPSA) is 43.8 Å². The lowest BCUT2D eigenvalue weighted by Crippen LogP contribution is -2.42. The van der Waals surface area contributed by atoms with Crippen LogP contribution in [0.25, 0.3) is 0 Å². The highest BCUT2D eigenvalue weighted by Crippen LogP contribution is 2.38. The van der Waals surface area contributed by atoms with Crippen LogP contribution in [0.1, 0.15) is 50.4 Å². The van der Waals surface area contributed by atoms with Crippen molar-refractivity contribution in [3.63, 3.8) is 0 Å². The van der Waals surface area contributed by atoms with Gasteiger partial charge in [-0.1, -0.05) is 26.2 Å². The van der Waals surface area contributed by atoms with Crippen molar-refractivity contribution in [2.24, 2.45) is 18.2 Å². The van der Waals surface area contributed by atoms with E-state index in [4.69, 9.17) is 5.73 Å². The van der Waals surface area contributed by atoms with Gasteiger partial charge in [0.2, 0.25) is 0 Å². The van der Waals surface area contributed by atoms with E-state index in [-0.39, 0.29) is 6.04 Å². The van der Waals surface area contributed by atoms with E-state index in [2.05, 4.69) is 18.1 Å². The molecule has 1 aromatic rings. The van der Waals surface area contributed by atoms with Crippen molar-refractivity contribution in [2.45, 2.75) is 58.4 Å². The number of nitrogens with zero attached hydrogens (tertiary/aromatic N) is 2. The zero-order valence-corrected chi connectivity index (χ0v) is 11.4. The SMILES string of the molecule is Cc1cc(CC(N)C2(C)CCCCC2)n(C)n1. The smallest absolute Gasteiger partial charge is 0.0596 e. The summed E-state index contributed by atoms with van der Waals surface area (Å²) in [5.41, 5.74) is 9.13. The second-order valence-electron chi connectivity index (χ2n) is 5.93. The monoisotopic (exact) mass is 235 g/mol. The molecule has 96 valence electrons. The largest absolute Gasteiger partial charge is 0.327 e. The van der Waals surface area contributed by atoms with Crippen molar-refractivity contribution in [2.75, 3.05) is 0 Å². The molecule has 0 aliphatic heterocycles. The van der Waals surface area contributed by atoms with Gasteiger partial charge in [-0.25, -0.2) is 0 Å². The van der Waals surface area contributed by atoms with Crippen LogP contribution >= 0.6 is 0 Å². The molecule has 3 nitrogen and oxygen atoms in total. The molecule has 1 aromatic heterocycles. The molecule has 0 saturated heterocycles. The highest BCUT2D eigenvalue weighted by atomic mass is 15.3. The summed E-state index contributed by atoms with van der Waals surface area (Å²) in [6.45, 7) is 4.40. The van der Waals surface area contributed by atoms with Gasteiger partial charge in [-0.3, -0.25) is 4.68 Å². The number of aromatic nitrogens is 2. The van der Waals surface area contributed by atoms with E-state index in [1.165, 1.54) is 37.8 Å². The highest BCUT2D eigenvalue weighted by molar-refractivity contribution is 5.11. The Labute approximate surface area is 104 Å². The van der Waals surface area contributed by atoms with Gasteiger partial charge in [-0.2, -0.15) is 5.10 Å². The maximum atomic E-state index is 6.45. The molecule has 1 aliphatic rings. The van der Waals surface area contributed by atoms with E-state index in [0.29, 0.717) is 5.41 Å². The Morgan fingerprint density at radius 2 is 2.06 bits per heavy atom. The molecule has 0 bridgehead atoms. The van der Waals surface area contributed by atoms with E-state index in [0.717, 1.165) is 12.1 Å². The van der Waals surface area contributed by atoms with Gasteiger partial charge < -0.3 is 5.73 Å². The first kappa shape index (κ1) is 12.6. The molecule has 1 fully saturated rings. The second kappa shape index (κ2) is 4.81. The van der Waals surface area contributed by atoms with Crippen LogP contribution < -0.4 is 5.73 Å². The minimum Gasteiger partial charge on any atom is -0.327 e. The van der Waals surface area contributed by atoms with Gasteiger partial charge >= 0.3 is 0 Å². The lowest BCUT2D eigenvalue weighted by atomic mass is 9.70. The second-order valence-corrected chi connectivity index (χ2v) is 5.93. The van der Waals surface area contributed by atoms with Crippen LogP contribution in [0, 0.1) is 12.3 Å². The van der Waals surface area contributed by atoms with Gasteiger partial charge in [0.05, 0.1) is 5.69 Å². The Morgan fingerprint density at radius 3 is 2.59 bits per heavy atom. The molecule has 0 radical (unpaired) electrons. The van der Waals surface area contributed by atoms with Crippen LogP contribution in [0.3, 0.4) is 0 Å². The number of hydrogen-bond donors (Lipinski definition) is 1. The number of rotatable bonds is 3. The van der Waals surface area contributed by atoms with E-state index in [1.54, 1.807) is 0 Å². The summed E-state index contributed by atoms with van der Waals surface area (Å²) in [6, 6.07) is 2.42. The average Bonchev–Trinajstić information content (AvgIpc) is 2.58. The molecule has 0 spiro atoms. The maximum absolute atomic E-state index is 6.45. The zero-order chi connectivity index (χ0) is 12.5. The van der Waals surface area contributed by atoms with Crippen LogP contribution in [-0.2, 0) is 13.5 Å². The molecular weight excluding hydrogens is 210 g/mol. The molecule has 2 N–H and O–H groups in total. The molecule has 1 heterocycles. The Hall–Kier alpha value is -0.830. The van der Waals surface area contributed by atoms with Gasteiger partial charge in [0.25, 0.3) is 0 Å². The third-order valence-electron chi connectivity index (χ3n) is 4.42. The summed E-state index contributed by atoms with van der Waals surface area (Å²) in [7, 11) is 2.01. The van der Waals surface area contributed by atoms with Gasteiger partial charge in [0, 0.05) is 25.2 Å². The molecule has 1 aliphatic carbocycles. The average molecular weight is 235 g/mol. The lowest BCUT2D eigenvalue weighted by molar-refractivity contribution is 0.167. The van der Waals surface area contributed by atoms with E-state index >= 15 is 0 Å². The fourth-order valence-electron chi connectivity index (χ4n) is 3.06. The van der Waals surface area contributed by atoms with Crippen LogP contribution in [0.4, 0.5) is 0 Å². The van der Waals surface area contributed by atoms with E-state index in [1.807, 2.05) is 18.7 Å². The number of hydrogen-bond acceptors (Lipinski definition) is 2. The molecule has 2 rings (SSSR count). The van der Waals surface area contributed by atoms with Crippen molar-refractivity contribution in [1.82, 2.24) is 9.78 Å². The van der Waals surface area contributed by atoms with Gasteiger partial charge in [0.1, 0.15) is 0 Å². The van der Waals surface area contributed by atoms with Crippen LogP contribution in [0.15, 0.2) is 6.07 Å². The molecular formula is C14H25N3. The Kier molecular flexibility index (Phi) is 3.57. The van der Waals surface area contributed by atoms with Crippen molar-refractivity contribution >= 4 is 0 Å². The molecule has 1 saturated carbocycles. The van der Waals surface area contributed by atoms with Crippen LogP contribution in [0.2, 0.25) is 0 Å². The van der Waals surface area contributed by atoms with Crippen molar-refractivity contribution in [1.29, 1.82) is 0 Å². The highest BCUT2D eigenvalue weighted by Gasteiger charge is 2.33. The van der Waals surface area contributed by atoms with Crippen molar-refractivity contribution in [3.05, 3.63) is 17.5 Å². The summed E-state index contributed by atoms with van der Waals surface area (Å²) >= 11 is 0. The predicted molar refractivity (Wildman–Crippen MR) is 70.8 cm³/mol. The standard InChI is InChI=1S/C14H25N3/c1-11-9-12(17(3)16-11)10-13(15)14(2)7-5-4-6-8-14/h9,13H,4-8,10,15H2,1-3H3. The zero-order valence-electron chi connectivity index (χ0n) is 11.4. The normalized spacial score (nSPS) is 21.4. The molecule has 0 aromatic carbocycles. The third kappa shape index (κ3) is 2.71. The predicted octanol–water partition coefficient (Wildman–Crippen LogP) is 2.57. The fourth-order valence-corrected chi connectivity index (χ4v) is 3.06. The summed E-state index contributed by atoms with van der Waals surface area (Å²) in [4.78, 5) is 0. The van der Waals surface area contributed by atoms with E-state index < -0.39 is 0 Å². The first-order chi connectivity index (χ1) is 8.01. The molecule has 17 heavy (non-hydrogen) atoms.